The number of fused-ring (bicyclic) bond motifs is 1. The number of nitrogens with two attached hydrogens (primary N) is 1. The molecule has 0 bridgehead atoms. The number of carbonyl (C=O) groups is 2. The summed E-state index contributed by atoms with van der Waals surface area (Å²) in [4.78, 5) is 25.6. The topological polar surface area (TPSA) is 81.4 Å². The standard InChI is InChI=1S/C21H26N2O3S/c1-3-6-14-9-10-15-17(11-14)27-21(19(15)20(22)25)23-18(24)12-26-16-8-5-4-7-13(16)2/h4-5,7-8,14H,3,6,9-12H2,1-2H3,(H2,22,25)(H,23,24)/t14-/m1/s1. The quantitative estimate of drug-likeness (QED) is 0.752. The number of aryl methyl sites for hydroxylation is 1. The monoisotopic (exact) mass is 386 g/mol. The van der Waals surface area contributed by atoms with Crippen molar-refractivity contribution in [2.24, 2.45) is 11.7 Å². The molecule has 0 aliphatic heterocycles. The summed E-state index contributed by atoms with van der Waals surface area (Å²) in [5.41, 5.74) is 8.10. The summed E-state index contributed by atoms with van der Waals surface area (Å²) in [5.74, 6) is 0.562. The van der Waals surface area contributed by atoms with Gasteiger partial charge in [-0.1, -0.05) is 38.0 Å². The second-order valence-electron chi connectivity index (χ2n) is 7.07. The lowest BCUT2D eigenvalue weighted by molar-refractivity contribution is -0.118. The van der Waals surface area contributed by atoms with E-state index < -0.39 is 5.91 Å². The maximum absolute atomic E-state index is 12.4. The molecule has 1 aliphatic rings. The van der Waals surface area contributed by atoms with E-state index in [1.54, 1.807) is 0 Å². The molecule has 0 saturated carbocycles. The van der Waals surface area contributed by atoms with Crippen LogP contribution >= 0.6 is 11.3 Å². The van der Waals surface area contributed by atoms with Crippen molar-refractivity contribution in [1.29, 1.82) is 0 Å². The number of carbonyl (C=O) groups excluding carboxylic acids is 2. The molecule has 27 heavy (non-hydrogen) atoms. The Balaban J connectivity index is 1.71. The highest BCUT2D eigenvalue weighted by molar-refractivity contribution is 7.17. The van der Waals surface area contributed by atoms with Crippen molar-refractivity contribution in [2.45, 2.75) is 46.0 Å². The highest BCUT2D eigenvalue weighted by atomic mass is 32.1. The molecule has 0 unspecified atom stereocenters. The first kappa shape index (κ1) is 19.4. The molecule has 1 heterocycles. The van der Waals surface area contributed by atoms with E-state index in [-0.39, 0.29) is 12.5 Å². The fourth-order valence-electron chi connectivity index (χ4n) is 3.68. The first-order valence-corrected chi connectivity index (χ1v) is 10.2. The van der Waals surface area contributed by atoms with Crippen molar-refractivity contribution in [1.82, 2.24) is 0 Å². The zero-order chi connectivity index (χ0) is 19.4. The zero-order valence-corrected chi connectivity index (χ0v) is 16.7. The number of primary amides is 1. The largest absolute Gasteiger partial charge is 0.483 e. The molecular formula is C21H26N2O3S. The summed E-state index contributed by atoms with van der Waals surface area (Å²) in [6.07, 6.45) is 5.23. The van der Waals surface area contributed by atoms with Crippen molar-refractivity contribution in [2.75, 3.05) is 11.9 Å². The Hall–Kier alpha value is -2.34. The van der Waals surface area contributed by atoms with Crippen molar-refractivity contribution >= 4 is 28.2 Å². The maximum Gasteiger partial charge on any atom is 0.262 e. The van der Waals surface area contributed by atoms with E-state index in [0.717, 1.165) is 36.8 Å². The van der Waals surface area contributed by atoms with Gasteiger partial charge in [-0.15, -0.1) is 11.3 Å². The Morgan fingerprint density at radius 3 is 2.81 bits per heavy atom. The molecule has 1 atom stereocenters. The Kier molecular flexibility index (Phi) is 6.16. The number of nitrogens with one attached hydrogen (secondary N) is 1. The van der Waals surface area contributed by atoms with Gasteiger partial charge in [0.15, 0.2) is 6.61 Å². The molecule has 3 rings (SSSR count). The minimum Gasteiger partial charge on any atom is -0.483 e. The smallest absolute Gasteiger partial charge is 0.262 e. The van der Waals surface area contributed by atoms with Gasteiger partial charge in [0.1, 0.15) is 10.8 Å². The Labute approximate surface area is 163 Å². The number of thiophene rings is 1. The van der Waals surface area contributed by atoms with Gasteiger partial charge in [-0.25, -0.2) is 0 Å². The summed E-state index contributed by atoms with van der Waals surface area (Å²) < 4.78 is 5.60. The number of anilines is 1. The van der Waals surface area contributed by atoms with Gasteiger partial charge in [0.05, 0.1) is 5.56 Å². The highest BCUT2D eigenvalue weighted by Gasteiger charge is 2.28. The third kappa shape index (κ3) is 4.50. The van der Waals surface area contributed by atoms with Crippen LogP contribution in [0.25, 0.3) is 0 Å². The lowest BCUT2D eigenvalue weighted by Gasteiger charge is -2.21. The minimum absolute atomic E-state index is 0.107. The summed E-state index contributed by atoms with van der Waals surface area (Å²) in [6.45, 7) is 4.02. The maximum atomic E-state index is 12.4. The van der Waals surface area contributed by atoms with E-state index in [1.807, 2.05) is 31.2 Å². The van der Waals surface area contributed by atoms with Crippen LogP contribution in [0.1, 0.15) is 52.5 Å². The molecule has 1 aliphatic carbocycles. The predicted octanol–water partition coefficient (Wildman–Crippen LogP) is 4.08. The molecule has 0 fully saturated rings. The van der Waals surface area contributed by atoms with Gasteiger partial charge in [-0.05, 0) is 49.3 Å². The van der Waals surface area contributed by atoms with Crippen molar-refractivity contribution in [3.05, 3.63) is 45.8 Å². The SMILES string of the molecule is CCC[C@@H]1CCc2c(sc(NC(=O)COc3ccccc3C)c2C(N)=O)C1. The molecule has 1 aromatic carbocycles. The van der Waals surface area contributed by atoms with Crippen LogP contribution in [0, 0.1) is 12.8 Å². The Bertz CT molecular complexity index is 844. The molecular weight excluding hydrogens is 360 g/mol. The molecule has 2 aromatic rings. The lowest BCUT2D eigenvalue weighted by Crippen LogP contribution is -2.23. The lowest BCUT2D eigenvalue weighted by atomic mass is 9.84. The number of ether oxygens (including phenoxy) is 1. The summed E-state index contributed by atoms with van der Waals surface area (Å²) in [7, 11) is 0. The molecule has 1 aromatic heterocycles. The zero-order valence-electron chi connectivity index (χ0n) is 15.8. The summed E-state index contributed by atoms with van der Waals surface area (Å²) in [5, 5.41) is 3.40. The van der Waals surface area contributed by atoms with E-state index in [4.69, 9.17) is 10.5 Å². The van der Waals surface area contributed by atoms with Crippen LogP contribution < -0.4 is 15.8 Å². The minimum atomic E-state index is -0.475. The second kappa shape index (κ2) is 8.57. The molecule has 144 valence electrons. The van der Waals surface area contributed by atoms with Crippen LogP contribution in [0.3, 0.4) is 0 Å². The van der Waals surface area contributed by atoms with Crippen molar-refractivity contribution in [3.8, 4) is 5.75 Å². The van der Waals surface area contributed by atoms with E-state index in [9.17, 15) is 9.59 Å². The van der Waals surface area contributed by atoms with Crippen LogP contribution in [-0.2, 0) is 17.6 Å². The van der Waals surface area contributed by atoms with Gasteiger partial charge in [0.2, 0.25) is 0 Å². The Morgan fingerprint density at radius 1 is 1.33 bits per heavy atom. The third-order valence-corrected chi connectivity index (χ3v) is 6.19. The number of hydrogen-bond donors (Lipinski definition) is 2. The number of benzene rings is 1. The van der Waals surface area contributed by atoms with Crippen LogP contribution in [-0.4, -0.2) is 18.4 Å². The van der Waals surface area contributed by atoms with Gasteiger partial charge in [-0.2, -0.15) is 0 Å². The van der Waals surface area contributed by atoms with E-state index >= 15 is 0 Å². The first-order chi connectivity index (χ1) is 13.0. The molecule has 0 radical (unpaired) electrons. The fraction of sp³-hybridized carbons (Fsp3) is 0.429. The average Bonchev–Trinajstić information content (AvgIpc) is 2.98. The van der Waals surface area contributed by atoms with E-state index in [2.05, 4.69) is 12.2 Å². The van der Waals surface area contributed by atoms with Gasteiger partial charge in [0.25, 0.3) is 11.8 Å². The number of amides is 2. The van der Waals surface area contributed by atoms with Gasteiger partial charge >= 0.3 is 0 Å². The molecule has 2 amide bonds. The van der Waals surface area contributed by atoms with Gasteiger partial charge in [0, 0.05) is 4.88 Å². The average molecular weight is 387 g/mol. The molecule has 3 N–H and O–H groups in total. The van der Waals surface area contributed by atoms with E-state index in [0.29, 0.717) is 22.2 Å². The Morgan fingerprint density at radius 2 is 2.11 bits per heavy atom. The number of para-hydroxylation sites is 1. The second-order valence-corrected chi connectivity index (χ2v) is 8.18. The van der Waals surface area contributed by atoms with Crippen molar-refractivity contribution in [3.63, 3.8) is 0 Å². The number of hydrogen-bond acceptors (Lipinski definition) is 4. The van der Waals surface area contributed by atoms with Gasteiger partial charge in [-0.3, -0.25) is 9.59 Å². The van der Waals surface area contributed by atoms with Crippen LogP contribution in [0.4, 0.5) is 5.00 Å². The molecule has 0 saturated heterocycles. The predicted molar refractivity (Wildman–Crippen MR) is 109 cm³/mol. The van der Waals surface area contributed by atoms with Crippen LogP contribution in [0.5, 0.6) is 5.75 Å². The van der Waals surface area contributed by atoms with Gasteiger partial charge < -0.3 is 15.8 Å². The van der Waals surface area contributed by atoms with Crippen LogP contribution in [0.2, 0.25) is 0 Å². The molecule has 5 nitrogen and oxygen atoms in total. The van der Waals surface area contributed by atoms with Crippen molar-refractivity contribution < 1.29 is 14.3 Å². The number of rotatable bonds is 7. The normalized spacial score (nSPS) is 15.9. The van der Waals surface area contributed by atoms with Crippen LogP contribution in [0.15, 0.2) is 24.3 Å². The fourth-order valence-corrected chi connectivity index (χ4v) is 5.07. The van der Waals surface area contributed by atoms with E-state index in [1.165, 1.54) is 22.6 Å². The summed E-state index contributed by atoms with van der Waals surface area (Å²) >= 11 is 1.48. The summed E-state index contributed by atoms with van der Waals surface area (Å²) in [6, 6.07) is 7.54. The highest BCUT2D eigenvalue weighted by Crippen LogP contribution is 2.40. The molecule has 0 spiro atoms. The first-order valence-electron chi connectivity index (χ1n) is 9.42. The third-order valence-electron chi connectivity index (χ3n) is 5.02. The molecule has 6 heteroatoms.